The Morgan fingerprint density at radius 2 is 2.23 bits per heavy atom. The Labute approximate surface area is 80.1 Å². The van der Waals surface area contributed by atoms with E-state index in [0.29, 0.717) is 18.7 Å². The molecule has 2 rings (SSSR count). The zero-order chi connectivity index (χ0) is 9.10. The van der Waals surface area contributed by atoms with Gasteiger partial charge in [0.15, 0.2) is 0 Å². The average Bonchev–Trinajstić information content (AvgIpc) is 2.76. The minimum absolute atomic E-state index is 0.340. The second kappa shape index (κ2) is 4.40. The van der Waals surface area contributed by atoms with Crippen LogP contribution in [0.15, 0.2) is 0 Å². The smallest absolute Gasteiger partial charge is 0.0586 e. The molecule has 2 fully saturated rings. The van der Waals surface area contributed by atoms with Gasteiger partial charge >= 0.3 is 0 Å². The topological polar surface area (TPSA) is 35.5 Å². The minimum atomic E-state index is 0.340. The van der Waals surface area contributed by atoms with E-state index in [-0.39, 0.29) is 0 Å². The molecule has 3 heteroatoms. The number of nitrogens with zero attached hydrogens (tertiary/aromatic N) is 1. The van der Waals surface area contributed by atoms with Crippen LogP contribution in [0.25, 0.3) is 0 Å². The van der Waals surface area contributed by atoms with Crippen molar-refractivity contribution in [3.05, 3.63) is 0 Å². The summed E-state index contributed by atoms with van der Waals surface area (Å²) in [5.41, 5.74) is 0. The number of aliphatic hydroxyl groups excluding tert-OH is 1. The standard InChI is InChI=1S/C10H20N2O/c13-8-10-4-2-6-12(10)7-9-3-1-5-11-9/h9-11,13H,1-8H2/t9-,10-/m1/s1. The molecule has 0 spiro atoms. The van der Waals surface area contributed by atoms with Crippen LogP contribution in [0.4, 0.5) is 0 Å². The number of hydrogen-bond donors (Lipinski definition) is 2. The van der Waals surface area contributed by atoms with Crippen molar-refractivity contribution in [2.24, 2.45) is 0 Å². The van der Waals surface area contributed by atoms with Gasteiger partial charge in [0.1, 0.15) is 0 Å². The van der Waals surface area contributed by atoms with E-state index >= 15 is 0 Å². The predicted molar refractivity (Wildman–Crippen MR) is 52.7 cm³/mol. The largest absolute Gasteiger partial charge is 0.395 e. The van der Waals surface area contributed by atoms with Crippen LogP contribution in [-0.2, 0) is 0 Å². The number of hydrogen-bond acceptors (Lipinski definition) is 3. The lowest BCUT2D eigenvalue weighted by Crippen LogP contribution is -2.41. The lowest BCUT2D eigenvalue weighted by Gasteiger charge is -2.25. The van der Waals surface area contributed by atoms with Crippen molar-refractivity contribution < 1.29 is 5.11 Å². The lowest BCUT2D eigenvalue weighted by molar-refractivity contribution is 0.150. The molecule has 0 aliphatic carbocycles. The number of rotatable bonds is 3. The Kier molecular flexibility index (Phi) is 3.19. The Bertz CT molecular complexity index is 157. The summed E-state index contributed by atoms with van der Waals surface area (Å²) < 4.78 is 0. The molecule has 13 heavy (non-hydrogen) atoms. The van der Waals surface area contributed by atoms with E-state index in [2.05, 4.69) is 10.2 Å². The first kappa shape index (κ1) is 9.44. The van der Waals surface area contributed by atoms with Gasteiger partial charge in [-0.05, 0) is 38.8 Å². The third-order valence-electron chi connectivity index (χ3n) is 3.33. The SMILES string of the molecule is OC[C@H]1CCCN1C[C@H]1CCCN1. The van der Waals surface area contributed by atoms with Crippen molar-refractivity contribution in [3.63, 3.8) is 0 Å². The Morgan fingerprint density at radius 1 is 1.31 bits per heavy atom. The molecule has 2 heterocycles. The van der Waals surface area contributed by atoms with E-state index in [9.17, 15) is 0 Å². The molecule has 2 N–H and O–H groups in total. The van der Waals surface area contributed by atoms with Crippen molar-refractivity contribution in [1.82, 2.24) is 10.2 Å². The number of aliphatic hydroxyl groups is 1. The molecule has 0 radical (unpaired) electrons. The average molecular weight is 184 g/mol. The highest BCUT2D eigenvalue weighted by Gasteiger charge is 2.26. The maximum absolute atomic E-state index is 9.15. The van der Waals surface area contributed by atoms with Crippen molar-refractivity contribution in [2.75, 3.05) is 26.2 Å². The van der Waals surface area contributed by atoms with Crippen LogP contribution in [0.2, 0.25) is 0 Å². The van der Waals surface area contributed by atoms with Gasteiger partial charge in [0.05, 0.1) is 6.61 Å². The van der Waals surface area contributed by atoms with E-state index in [1.54, 1.807) is 0 Å². The number of likely N-dealkylation sites (tertiary alicyclic amines) is 1. The summed E-state index contributed by atoms with van der Waals surface area (Å²) in [6, 6.07) is 1.13. The predicted octanol–water partition coefficient (Wildman–Crippen LogP) is 0.195. The fourth-order valence-electron chi connectivity index (χ4n) is 2.54. The molecule has 0 saturated carbocycles. The molecule has 0 aromatic rings. The fourth-order valence-corrected chi connectivity index (χ4v) is 2.54. The third-order valence-corrected chi connectivity index (χ3v) is 3.33. The van der Waals surface area contributed by atoms with Crippen LogP contribution in [0.1, 0.15) is 25.7 Å². The summed E-state index contributed by atoms with van der Waals surface area (Å²) in [5, 5.41) is 12.7. The van der Waals surface area contributed by atoms with Crippen molar-refractivity contribution in [1.29, 1.82) is 0 Å². The maximum Gasteiger partial charge on any atom is 0.0586 e. The Hall–Kier alpha value is -0.120. The van der Waals surface area contributed by atoms with Gasteiger partial charge in [0.25, 0.3) is 0 Å². The highest BCUT2D eigenvalue weighted by atomic mass is 16.3. The molecule has 76 valence electrons. The minimum Gasteiger partial charge on any atom is -0.395 e. The molecular weight excluding hydrogens is 164 g/mol. The third kappa shape index (κ3) is 2.22. The maximum atomic E-state index is 9.15. The highest BCUT2D eigenvalue weighted by molar-refractivity contribution is 4.84. The molecule has 0 unspecified atom stereocenters. The highest BCUT2D eigenvalue weighted by Crippen LogP contribution is 2.18. The molecule has 3 nitrogen and oxygen atoms in total. The summed E-state index contributed by atoms with van der Waals surface area (Å²) >= 11 is 0. The van der Waals surface area contributed by atoms with Gasteiger partial charge in [-0.3, -0.25) is 4.90 Å². The van der Waals surface area contributed by atoms with Gasteiger partial charge in [-0.2, -0.15) is 0 Å². The van der Waals surface area contributed by atoms with E-state index in [1.165, 1.54) is 38.8 Å². The Balaban J connectivity index is 1.79. The molecule has 0 aromatic heterocycles. The van der Waals surface area contributed by atoms with Gasteiger partial charge in [-0.25, -0.2) is 0 Å². The second-order valence-electron chi connectivity index (χ2n) is 4.27. The van der Waals surface area contributed by atoms with Gasteiger partial charge in [-0.1, -0.05) is 0 Å². The zero-order valence-corrected chi connectivity index (χ0v) is 8.21. The van der Waals surface area contributed by atoms with Gasteiger partial charge < -0.3 is 10.4 Å². The lowest BCUT2D eigenvalue weighted by atomic mass is 10.2. The first-order valence-electron chi connectivity index (χ1n) is 5.48. The molecule has 2 atom stereocenters. The van der Waals surface area contributed by atoms with Gasteiger partial charge in [0.2, 0.25) is 0 Å². The second-order valence-corrected chi connectivity index (χ2v) is 4.27. The van der Waals surface area contributed by atoms with E-state index in [0.717, 1.165) is 6.54 Å². The summed E-state index contributed by atoms with van der Waals surface area (Å²) in [7, 11) is 0. The van der Waals surface area contributed by atoms with E-state index < -0.39 is 0 Å². The first-order chi connectivity index (χ1) is 6.40. The Morgan fingerprint density at radius 3 is 2.92 bits per heavy atom. The fraction of sp³-hybridized carbons (Fsp3) is 1.00. The summed E-state index contributed by atoms with van der Waals surface area (Å²) in [6.07, 6.45) is 5.08. The molecule has 0 aromatic carbocycles. The van der Waals surface area contributed by atoms with Gasteiger partial charge in [0, 0.05) is 18.6 Å². The molecule has 0 amide bonds. The summed E-state index contributed by atoms with van der Waals surface area (Å²) in [4.78, 5) is 2.45. The molecule has 2 saturated heterocycles. The van der Waals surface area contributed by atoms with Crippen molar-refractivity contribution in [3.8, 4) is 0 Å². The first-order valence-corrected chi connectivity index (χ1v) is 5.48. The molecule has 0 bridgehead atoms. The molecule has 2 aliphatic rings. The molecular formula is C10H20N2O. The summed E-state index contributed by atoms with van der Waals surface area (Å²) in [5.74, 6) is 0. The van der Waals surface area contributed by atoms with Crippen molar-refractivity contribution in [2.45, 2.75) is 37.8 Å². The summed E-state index contributed by atoms with van der Waals surface area (Å²) in [6.45, 7) is 3.85. The zero-order valence-electron chi connectivity index (χ0n) is 8.21. The number of nitrogens with one attached hydrogen (secondary N) is 1. The van der Waals surface area contributed by atoms with E-state index in [4.69, 9.17) is 5.11 Å². The van der Waals surface area contributed by atoms with Crippen molar-refractivity contribution >= 4 is 0 Å². The van der Waals surface area contributed by atoms with Crippen LogP contribution < -0.4 is 5.32 Å². The van der Waals surface area contributed by atoms with Crippen LogP contribution in [-0.4, -0.2) is 48.3 Å². The van der Waals surface area contributed by atoms with Crippen LogP contribution in [0.5, 0.6) is 0 Å². The quantitative estimate of drug-likeness (QED) is 0.657. The van der Waals surface area contributed by atoms with Gasteiger partial charge in [-0.15, -0.1) is 0 Å². The van der Waals surface area contributed by atoms with Crippen LogP contribution in [0, 0.1) is 0 Å². The van der Waals surface area contributed by atoms with Crippen LogP contribution >= 0.6 is 0 Å². The van der Waals surface area contributed by atoms with Crippen LogP contribution in [0.3, 0.4) is 0 Å². The monoisotopic (exact) mass is 184 g/mol. The normalized spacial score (nSPS) is 35.8. The van der Waals surface area contributed by atoms with E-state index in [1.807, 2.05) is 0 Å². The molecule has 2 aliphatic heterocycles.